The first-order valence-corrected chi connectivity index (χ1v) is 8.60. The molecule has 9 heteroatoms. The van der Waals surface area contributed by atoms with Crippen molar-refractivity contribution in [1.29, 1.82) is 0 Å². The predicted octanol–water partition coefficient (Wildman–Crippen LogP) is 2.95. The van der Waals surface area contributed by atoms with E-state index in [1.807, 2.05) is 0 Å². The molecule has 0 saturated heterocycles. The molecule has 3 aromatic rings. The lowest BCUT2D eigenvalue weighted by Crippen LogP contribution is -2.15. The van der Waals surface area contributed by atoms with Crippen molar-refractivity contribution in [2.45, 2.75) is 4.90 Å². The molecule has 128 valence electrons. The van der Waals surface area contributed by atoms with Gasteiger partial charge in [0.2, 0.25) is 0 Å². The van der Waals surface area contributed by atoms with Crippen LogP contribution in [0, 0.1) is 10.1 Å². The Morgan fingerprint density at radius 2 is 1.88 bits per heavy atom. The fourth-order valence-corrected chi connectivity index (χ4v) is 3.69. The van der Waals surface area contributed by atoms with Crippen LogP contribution in [0.2, 0.25) is 0 Å². The van der Waals surface area contributed by atoms with Gasteiger partial charge < -0.3 is 4.74 Å². The Kier molecular flexibility index (Phi) is 4.24. The van der Waals surface area contributed by atoms with Crippen LogP contribution in [0.25, 0.3) is 10.9 Å². The van der Waals surface area contributed by atoms with Crippen molar-refractivity contribution in [3.05, 3.63) is 64.8 Å². The summed E-state index contributed by atoms with van der Waals surface area (Å²) in [6, 6.07) is 11.6. The molecule has 8 nitrogen and oxygen atoms in total. The highest BCUT2D eigenvalue weighted by atomic mass is 32.2. The number of fused-ring (bicyclic) bond motifs is 1. The Hall–Kier alpha value is -3.20. The molecule has 0 unspecified atom stereocenters. The first-order chi connectivity index (χ1) is 11.9. The number of rotatable bonds is 5. The summed E-state index contributed by atoms with van der Waals surface area (Å²) in [5, 5.41) is 11.6. The van der Waals surface area contributed by atoms with E-state index in [-0.39, 0.29) is 5.69 Å². The van der Waals surface area contributed by atoms with E-state index in [0.717, 1.165) is 6.07 Å². The number of hydrogen-bond donors (Lipinski definition) is 1. The smallest absolute Gasteiger partial charge is 0.289 e. The normalized spacial score (nSPS) is 11.2. The molecule has 0 bridgehead atoms. The second-order valence-corrected chi connectivity index (χ2v) is 6.70. The maximum absolute atomic E-state index is 12.7. The molecule has 0 aliphatic carbocycles. The predicted molar refractivity (Wildman–Crippen MR) is 92.2 cm³/mol. The van der Waals surface area contributed by atoms with E-state index in [2.05, 4.69) is 9.71 Å². The maximum Gasteiger partial charge on any atom is 0.289 e. The molecule has 1 aromatic heterocycles. The van der Waals surface area contributed by atoms with Gasteiger partial charge in [-0.2, -0.15) is 0 Å². The van der Waals surface area contributed by atoms with Gasteiger partial charge in [0, 0.05) is 17.6 Å². The summed E-state index contributed by atoms with van der Waals surface area (Å²) in [6.45, 7) is 0. The number of sulfonamides is 1. The van der Waals surface area contributed by atoms with Gasteiger partial charge in [-0.05, 0) is 30.3 Å². The van der Waals surface area contributed by atoms with Crippen LogP contribution in [-0.4, -0.2) is 25.4 Å². The molecule has 0 aliphatic rings. The number of para-hydroxylation sites is 1. The van der Waals surface area contributed by atoms with Crippen molar-refractivity contribution < 1.29 is 18.1 Å². The number of ether oxygens (including phenoxy) is 1. The zero-order valence-electron chi connectivity index (χ0n) is 13.0. The summed E-state index contributed by atoms with van der Waals surface area (Å²) in [7, 11) is -2.67. The first-order valence-electron chi connectivity index (χ1n) is 7.12. The average molecular weight is 359 g/mol. The van der Waals surface area contributed by atoms with Gasteiger partial charge in [-0.15, -0.1) is 0 Å². The number of pyridine rings is 1. The van der Waals surface area contributed by atoms with E-state index in [4.69, 9.17) is 4.74 Å². The standard InChI is InChI=1S/C16H13N3O5S/c1-24-14-9-8-12(11-5-4-10-17-16(11)14)18-25(22,23)15-7-3-2-6-13(15)19(20)21/h2-10,18H,1H3. The number of nitrogens with one attached hydrogen (secondary N) is 1. The zero-order valence-corrected chi connectivity index (χ0v) is 13.9. The molecule has 0 amide bonds. The number of nitro benzene ring substituents is 1. The highest BCUT2D eigenvalue weighted by Gasteiger charge is 2.25. The molecule has 0 saturated carbocycles. The van der Waals surface area contributed by atoms with Gasteiger partial charge in [0.25, 0.3) is 15.7 Å². The lowest BCUT2D eigenvalue weighted by atomic mass is 10.2. The van der Waals surface area contributed by atoms with Crippen LogP contribution in [0.4, 0.5) is 11.4 Å². The van der Waals surface area contributed by atoms with Crippen LogP contribution in [0.15, 0.2) is 59.6 Å². The Morgan fingerprint density at radius 3 is 2.60 bits per heavy atom. The molecule has 1 heterocycles. The number of anilines is 1. The minimum Gasteiger partial charge on any atom is -0.494 e. The number of hydrogen-bond acceptors (Lipinski definition) is 6. The summed E-state index contributed by atoms with van der Waals surface area (Å²) >= 11 is 0. The second-order valence-electron chi connectivity index (χ2n) is 5.05. The summed E-state index contributed by atoms with van der Waals surface area (Å²) in [6.07, 6.45) is 1.56. The number of nitrogens with zero attached hydrogens (tertiary/aromatic N) is 2. The van der Waals surface area contributed by atoms with Gasteiger partial charge in [0.05, 0.1) is 17.7 Å². The third kappa shape index (κ3) is 3.09. The Morgan fingerprint density at radius 1 is 1.12 bits per heavy atom. The van der Waals surface area contributed by atoms with Gasteiger partial charge in [-0.3, -0.25) is 19.8 Å². The van der Waals surface area contributed by atoms with Crippen LogP contribution >= 0.6 is 0 Å². The number of aromatic nitrogens is 1. The van der Waals surface area contributed by atoms with Gasteiger partial charge in [0.1, 0.15) is 11.3 Å². The maximum atomic E-state index is 12.7. The molecular formula is C16H13N3O5S. The molecule has 2 aromatic carbocycles. The monoisotopic (exact) mass is 359 g/mol. The fraction of sp³-hybridized carbons (Fsp3) is 0.0625. The Labute approximate surface area is 143 Å². The molecular weight excluding hydrogens is 346 g/mol. The lowest BCUT2D eigenvalue weighted by Gasteiger charge is -2.12. The van der Waals surface area contributed by atoms with E-state index in [0.29, 0.717) is 16.7 Å². The van der Waals surface area contributed by atoms with E-state index in [1.165, 1.54) is 31.4 Å². The molecule has 0 atom stereocenters. The van der Waals surface area contributed by atoms with Crippen LogP contribution in [0.5, 0.6) is 5.75 Å². The molecule has 0 aliphatic heterocycles. The zero-order chi connectivity index (χ0) is 18.0. The van der Waals surface area contributed by atoms with Crippen LogP contribution < -0.4 is 9.46 Å². The summed E-state index contributed by atoms with van der Waals surface area (Å²) in [4.78, 5) is 14.2. The fourth-order valence-electron chi connectivity index (χ4n) is 2.44. The lowest BCUT2D eigenvalue weighted by molar-refractivity contribution is -0.387. The summed E-state index contributed by atoms with van der Waals surface area (Å²) in [5.41, 5.74) is 0.237. The SMILES string of the molecule is COc1ccc(NS(=O)(=O)c2ccccc2[N+](=O)[O-])c2cccnc12. The number of methoxy groups -OCH3 is 1. The molecule has 1 N–H and O–H groups in total. The minimum atomic E-state index is -4.16. The van der Waals surface area contributed by atoms with Crippen molar-refractivity contribution in [3.8, 4) is 5.75 Å². The number of nitro groups is 1. The molecule has 0 spiro atoms. The Balaban J connectivity index is 2.12. The van der Waals surface area contributed by atoms with Crippen molar-refractivity contribution >= 4 is 32.3 Å². The van der Waals surface area contributed by atoms with Crippen molar-refractivity contribution in [3.63, 3.8) is 0 Å². The van der Waals surface area contributed by atoms with Gasteiger partial charge in [-0.1, -0.05) is 12.1 Å². The van der Waals surface area contributed by atoms with Crippen molar-refractivity contribution in [2.75, 3.05) is 11.8 Å². The highest BCUT2D eigenvalue weighted by molar-refractivity contribution is 7.92. The number of benzene rings is 2. The average Bonchev–Trinajstić information content (AvgIpc) is 2.62. The Bertz CT molecular complexity index is 1070. The minimum absolute atomic E-state index is 0.252. The van der Waals surface area contributed by atoms with Crippen molar-refractivity contribution in [2.24, 2.45) is 0 Å². The summed E-state index contributed by atoms with van der Waals surface area (Å²) in [5.74, 6) is 0.490. The van der Waals surface area contributed by atoms with E-state index in [1.54, 1.807) is 24.4 Å². The van der Waals surface area contributed by atoms with Crippen LogP contribution in [-0.2, 0) is 10.0 Å². The van der Waals surface area contributed by atoms with Crippen molar-refractivity contribution in [1.82, 2.24) is 4.98 Å². The van der Waals surface area contributed by atoms with Gasteiger partial charge >= 0.3 is 0 Å². The largest absolute Gasteiger partial charge is 0.494 e. The van der Waals surface area contributed by atoms with E-state index < -0.39 is 25.5 Å². The van der Waals surface area contributed by atoms with Crippen LogP contribution in [0.1, 0.15) is 0 Å². The third-order valence-electron chi connectivity index (χ3n) is 3.55. The highest BCUT2D eigenvalue weighted by Crippen LogP contribution is 2.32. The van der Waals surface area contributed by atoms with Gasteiger partial charge in [0.15, 0.2) is 4.90 Å². The van der Waals surface area contributed by atoms with Crippen LogP contribution in [0.3, 0.4) is 0 Å². The first kappa shape index (κ1) is 16.7. The topological polar surface area (TPSA) is 111 Å². The van der Waals surface area contributed by atoms with Gasteiger partial charge in [-0.25, -0.2) is 8.42 Å². The summed E-state index contributed by atoms with van der Waals surface area (Å²) < 4.78 is 32.9. The molecule has 0 radical (unpaired) electrons. The molecule has 3 rings (SSSR count). The van der Waals surface area contributed by atoms with E-state index in [9.17, 15) is 18.5 Å². The second kappa shape index (κ2) is 6.36. The quantitative estimate of drug-likeness (QED) is 0.554. The molecule has 0 fully saturated rings. The van der Waals surface area contributed by atoms with E-state index >= 15 is 0 Å². The molecule has 25 heavy (non-hydrogen) atoms. The third-order valence-corrected chi connectivity index (χ3v) is 4.96.